The molecule has 0 bridgehead atoms. The SMILES string of the molecule is C[C@H](N)C(=O)Nc1ccc(F)cc1N[C@H]1CCCN(CCOC(=O)C(C)(C)C)C1. The van der Waals surface area contributed by atoms with E-state index in [1.54, 1.807) is 6.92 Å². The van der Waals surface area contributed by atoms with Gasteiger partial charge in [-0.05, 0) is 65.3 Å². The van der Waals surface area contributed by atoms with Gasteiger partial charge in [0.15, 0.2) is 0 Å². The molecule has 1 fully saturated rings. The molecule has 1 aliphatic rings. The van der Waals surface area contributed by atoms with Crippen molar-refractivity contribution >= 4 is 23.3 Å². The number of nitrogens with two attached hydrogens (primary N) is 1. The largest absolute Gasteiger partial charge is 0.464 e. The zero-order chi connectivity index (χ0) is 21.6. The summed E-state index contributed by atoms with van der Waals surface area (Å²) >= 11 is 0. The number of piperidine rings is 1. The van der Waals surface area contributed by atoms with Crippen molar-refractivity contribution in [3.8, 4) is 0 Å². The second kappa shape index (κ2) is 10.0. The highest BCUT2D eigenvalue weighted by Gasteiger charge is 2.24. The van der Waals surface area contributed by atoms with E-state index in [0.29, 0.717) is 24.5 Å². The molecule has 1 amide bonds. The normalized spacial score (nSPS) is 18.8. The first-order chi connectivity index (χ1) is 13.6. The van der Waals surface area contributed by atoms with Crippen LogP contribution in [0.25, 0.3) is 0 Å². The molecule has 0 unspecified atom stereocenters. The van der Waals surface area contributed by atoms with Gasteiger partial charge in [-0.15, -0.1) is 0 Å². The first-order valence-electron chi connectivity index (χ1n) is 10.1. The number of nitrogens with one attached hydrogen (secondary N) is 2. The molecule has 0 spiro atoms. The van der Waals surface area contributed by atoms with Crippen LogP contribution in [0.15, 0.2) is 18.2 Å². The fourth-order valence-corrected chi connectivity index (χ4v) is 3.07. The molecule has 1 aromatic rings. The van der Waals surface area contributed by atoms with E-state index in [0.717, 1.165) is 25.9 Å². The number of hydrogen-bond acceptors (Lipinski definition) is 6. The Labute approximate surface area is 172 Å². The number of amides is 1. The maximum Gasteiger partial charge on any atom is 0.311 e. The second-order valence-electron chi connectivity index (χ2n) is 8.64. The van der Waals surface area contributed by atoms with Crippen LogP contribution in [0.1, 0.15) is 40.5 Å². The number of benzene rings is 1. The number of anilines is 2. The molecular formula is C21H33FN4O3. The van der Waals surface area contributed by atoms with E-state index in [1.807, 2.05) is 20.8 Å². The third-order valence-corrected chi connectivity index (χ3v) is 4.77. The van der Waals surface area contributed by atoms with Gasteiger partial charge in [0.2, 0.25) is 5.91 Å². The van der Waals surface area contributed by atoms with Crippen LogP contribution in [-0.2, 0) is 14.3 Å². The number of rotatable bonds is 7. The van der Waals surface area contributed by atoms with Gasteiger partial charge in [-0.1, -0.05) is 0 Å². The van der Waals surface area contributed by atoms with E-state index in [-0.39, 0.29) is 23.7 Å². The number of hydrogen-bond donors (Lipinski definition) is 3. The van der Waals surface area contributed by atoms with Crippen LogP contribution in [0, 0.1) is 11.2 Å². The van der Waals surface area contributed by atoms with E-state index >= 15 is 0 Å². The van der Waals surface area contributed by atoms with Crippen molar-refractivity contribution < 1.29 is 18.7 Å². The minimum absolute atomic E-state index is 0.0924. The molecular weight excluding hydrogens is 375 g/mol. The van der Waals surface area contributed by atoms with Crippen LogP contribution in [0.3, 0.4) is 0 Å². The van der Waals surface area contributed by atoms with Gasteiger partial charge >= 0.3 is 5.97 Å². The summed E-state index contributed by atoms with van der Waals surface area (Å²) in [7, 11) is 0. The summed E-state index contributed by atoms with van der Waals surface area (Å²) in [6, 6.07) is 3.65. The molecule has 7 nitrogen and oxygen atoms in total. The number of halogens is 1. The minimum atomic E-state index is -0.658. The molecule has 1 saturated heterocycles. The smallest absolute Gasteiger partial charge is 0.311 e. The van der Waals surface area contributed by atoms with Gasteiger partial charge in [-0.25, -0.2) is 4.39 Å². The third-order valence-electron chi connectivity index (χ3n) is 4.77. The van der Waals surface area contributed by atoms with Gasteiger partial charge in [0.25, 0.3) is 0 Å². The lowest BCUT2D eigenvalue weighted by Gasteiger charge is -2.34. The Hall–Kier alpha value is -2.19. The lowest BCUT2D eigenvalue weighted by atomic mass is 9.97. The molecule has 1 aromatic carbocycles. The third kappa shape index (κ3) is 7.29. The Morgan fingerprint density at radius 3 is 2.72 bits per heavy atom. The van der Waals surface area contributed by atoms with Crippen LogP contribution >= 0.6 is 0 Å². The molecule has 2 rings (SSSR count). The average molecular weight is 409 g/mol. The summed E-state index contributed by atoms with van der Waals surface area (Å²) in [5.74, 6) is -0.919. The highest BCUT2D eigenvalue weighted by Crippen LogP contribution is 2.26. The first kappa shape index (κ1) is 23.1. The summed E-state index contributed by atoms with van der Waals surface area (Å²) in [6.07, 6.45) is 1.90. The maximum absolute atomic E-state index is 13.8. The Morgan fingerprint density at radius 1 is 1.34 bits per heavy atom. The van der Waals surface area contributed by atoms with Crippen molar-refractivity contribution in [2.75, 3.05) is 36.9 Å². The van der Waals surface area contributed by atoms with Gasteiger partial charge in [-0.3, -0.25) is 14.5 Å². The molecule has 0 radical (unpaired) electrons. The van der Waals surface area contributed by atoms with E-state index in [4.69, 9.17) is 10.5 Å². The monoisotopic (exact) mass is 408 g/mol. The predicted octanol–water partition coefficient (Wildman–Crippen LogP) is 2.58. The fraction of sp³-hybridized carbons (Fsp3) is 0.619. The highest BCUT2D eigenvalue weighted by molar-refractivity contribution is 5.97. The fourth-order valence-electron chi connectivity index (χ4n) is 3.07. The zero-order valence-corrected chi connectivity index (χ0v) is 17.8. The number of carbonyl (C=O) groups excluding carboxylic acids is 2. The molecule has 0 saturated carbocycles. The molecule has 0 aliphatic carbocycles. The van der Waals surface area contributed by atoms with E-state index in [2.05, 4.69) is 15.5 Å². The van der Waals surface area contributed by atoms with Gasteiger partial charge in [0.1, 0.15) is 12.4 Å². The topological polar surface area (TPSA) is 96.7 Å². The molecule has 29 heavy (non-hydrogen) atoms. The molecule has 1 aliphatic heterocycles. The molecule has 0 aromatic heterocycles. The van der Waals surface area contributed by atoms with E-state index in [9.17, 15) is 14.0 Å². The quantitative estimate of drug-likeness (QED) is 0.600. The molecule has 2 atom stereocenters. The standard InChI is InChI=1S/C21H33FN4O3/c1-14(23)19(27)25-17-8-7-15(22)12-18(17)24-16-6-5-9-26(13-16)10-11-29-20(28)21(2,3)4/h7-8,12,14,16,24H,5-6,9-11,13,23H2,1-4H3,(H,25,27)/t14-,16-/m0/s1. The first-order valence-corrected chi connectivity index (χ1v) is 10.1. The average Bonchev–Trinajstić information content (AvgIpc) is 2.63. The van der Waals surface area contributed by atoms with Crippen molar-refractivity contribution in [1.29, 1.82) is 0 Å². The number of likely N-dealkylation sites (tertiary alicyclic amines) is 1. The van der Waals surface area contributed by atoms with Crippen LogP contribution in [-0.4, -0.2) is 55.1 Å². The molecule has 8 heteroatoms. The molecule has 4 N–H and O–H groups in total. The zero-order valence-electron chi connectivity index (χ0n) is 17.8. The van der Waals surface area contributed by atoms with Crippen molar-refractivity contribution in [3.05, 3.63) is 24.0 Å². The predicted molar refractivity (Wildman–Crippen MR) is 112 cm³/mol. The second-order valence-corrected chi connectivity index (χ2v) is 8.64. The Bertz CT molecular complexity index is 718. The Morgan fingerprint density at radius 2 is 2.07 bits per heavy atom. The summed E-state index contributed by atoms with van der Waals surface area (Å²) < 4.78 is 19.1. The maximum atomic E-state index is 13.8. The Kier molecular flexibility index (Phi) is 7.98. The van der Waals surface area contributed by atoms with E-state index < -0.39 is 11.5 Å². The van der Waals surface area contributed by atoms with Crippen LogP contribution in [0.2, 0.25) is 0 Å². The van der Waals surface area contributed by atoms with Crippen LogP contribution < -0.4 is 16.4 Å². The summed E-state index contributed by atoms with van der Waals surface area (Å²) in [5, 5.41) is 6.08. The molecule has 1 heterocycles. The van der Waals surface area contributed by atoms with Crippen LogP contribution in [0.4, 0.5) is 15.8 Å². The van der Waals surface area contributed by atoms with Gasteiger partial charge in [-0.2, -0.15) is 0 Å². The van der Waals surface area contributed by atoms with Crippen molar-refractivity contribution in [1.82, 2.24) is 4.90 Å². The van der Waals surface area contributed by atoms with Crippen molar-refractivity contribution in [2.24, 2.45) is 11.1 Å². The highest BCUT2D eigenvalue weighted by atomic mass is 19.1. The van der Waals surface area contributed by atoms with Crippen molar-refractivity contribution in [3.63, 3.8) is 0 Å². The van der Waals surface area contributed by atoms with Gasteiger partial charge in [0, 0.05) is 19.1 Å². The summed E-state index contributed by atoms with van der Waals surface area (Å²) in [6.45, 7) is 9.74. The minimum Gasteiger partial charge on any atom is -0.464 e. The van der Waals surface area contributed by atoms with E-state index in [1.165, 1.54) is 18.2 Å². The van der Waals surface area contributed by atoms with Gasteiger partial charge < -0.3 is 21.1 Å². The summed E-state index contributed by atoms with van der Waals surface area (Å²) in [5.41, 5.74) is 6.14. The van der Waals surface area contributed by atoms with Crippen molar-refractivity contribution in [2.45, 2.75) is 52.6 Å². The number of carbonyl (C=O) groups is 2. The lowest BCUT2D eigenvalue weighted by molar-refractivity contribution is -0.153. The number of ether oxygens (including phenoxy) is 1. The number of nitrogens with zero attached hydrogens (tertiary/aromatic N) is 1. The lowest BCUT2D eigenvalue weighted by Crippen LogP contribution is -2.44. The number of esters is 1. The molecule has 162 valence electrons. The summed E-state index contributed by atoms with van der Waals surface area (Å²) in [4.78, 5) is 26.0. The van der Waals surface area contributed by atoms with Gasteiger partial charge in [0.05, 0.1) is 22.8 Å². The Balaban J connectivity index is 1.94. The van der Waals surface area contributed by atoms with Crippen LogP contribution in [0.5, 0.6) is 0 Å².